The Labute approximate surface area is 118 Å². The Morgan fingerprint density at radius 1 is 1.11 bits per heavy atom. The Kier molecular flexibility index (Phi) is 7.11. The lowest BCUT2D eigenvalue weighted by molar-refractivity contribution is 0.109. The first-order valence-electron chi connectivity index (χ1n) is 7.57. The molecule has 0 aliphatic rings. The fraction of sp³-hybridized carbons (Fsp3) is 0.647. The second-order valence-corrected chi connectivity index (χ2v) is 5.54. The van der Waals surface area contributed by atoms with Crippen LogP contribution >= 0.6 is 0 Å². The third kappa shape index (κ3) is 4.96. The van der Waals surface area contributed by atoms with Gasteiger partial charge in [0.05, 0.1) is 0 Å². The third-order valence-electron chi connectivity index (χ3n) is 4.42. The lowest BCUT2D eigenvalue weighted by Gasteiger charge is -2.32. The van der Waals surface area contributed by atoms with Crippen molar-refractivity contribution in [3.05, 3.63) is 35.9 Å². The molecular weight excluding hydrogens is 234 g/mol. The Bertz CT molecular complexity index is 324. The highest BCUT2D eigenvalue weighted by Gasteiger charge is 2.25. The largest absolute Gasteiger partial charge is 0.396 e. The van der Waals surface area contributed by atoms with Crippen LogP contribution in [-0.4, -0.2) is 24.3 Å². The molecule has 1 aromatic carbocycles. The summed E-state index contributed by atoms with van der Waals surface area (Å²) < 4.78 is 0. The van der Waals surface area contributed by atoms with Crippen LogP contribution in [0.5, 0.6) is 0 Å². The average Bonchev–Trinajstić information content (AvgIpc) is 2.49. The number of nitrogens with one attached hydrogen (secondary N) is 1. The summed E-state index contributed by atoms with van der Waals surface area (Å²) in [6.45, 7) is 7.73. The van der Waals surface area contributed by atoms with Gasteiger partial charge in [-0.05, 0) is 31.2 Å². The first-order valence-corrected chi connectivity index (χ1v) is 7.57. The van der Waals surface area contributed by atoms with Crippen LogP contribution in [0.4, 0.5) is 0 Å². The average molecular weight is 263 g/mol. The fourth-order valence-electron chi connectivity index (χ4n) is 2.40. The summed E-state index contributed by atoms with van der Waals surface area (Å²) in [4.78, 5) is 0. The molecule has 2 N–H and O–H groups in total. The monoisotopic (exact) mass is 263 g/mol. The molecular formula is C17H29NO. The van der Waals surface area contributed by atoms with Gasteiger partial charge in [-0.15, -0.1) is 0 Å². The maximum absolute atomic E-state index is 9.61. The highest BCUT2D eigenvalue weighted by atomic mass is 16.3. The van der Waals surface area contributed by atoms with Crippen molar-refractivity contribution in [3.63, 3.8) is 0 Å². The molecule has 0 aliphatic heterocycles. The first-order chi connectivity index (χ1) is 9.19. The molecule has 0 aliphatic carbocycles. The third-order valence-corrected chi connectivity index (χ3v) is 4.42. The quantitative estimate of drug-likeness (QED) is 0.716. The number of hydrogen-bond donors (Lipinski definition) is 2. The zero-order valence-corrected chi connectivity index (χ0v) is 12.7. The predicted octanol–water partition coefficient (Wildman–Crippen LogP) is 3.40. The van der Waals surface area contributed by atoms with Gasteiger partial charge in [0.1, 0.15) is 0 Å². The van der Waals surface area contributed by atoms with Crippen molar-refractivity contribution in [2.45, 2.75) is 52.5 Å². The molecule has 19 heavy (non-hydrogen) atoms. The summed E-state index contributed by atoms with van der Waals surface area (Å²) in [5, 5.41) is 13.3. The van der Waals surface area contributed by atoms with Gasteiger partial charge in [0.2, 0.25) is 0 Å². The molecule has 0 radical (unpaired) electrons. The van der Waals surface area contributed by atoms with E-state index in [-0.39, 0.29) is 12.0 Å². The van der Waals surface area contributed by atoms with E-state index in [1.54, 1.807) is 0 Å². The van der Waals surface area contributed by atoms with Crippen LogP contribution in [0.15, 0.2) is 30.3 Å². The van der Waals surface area contributed by atoms with E-state index in [0.717, 1.165) is 32.2 Å². The van der Waals surface area contributed by atoms with E-state index >= 15 is 0 Å². The molecule has 1 aromatic rings. The van der Waals surface area contributed by atoms with Crippen molar-refractivity contribution in [3.8, 4) is 0 Å². The molecule has 0 amide bonds. The lowest BCUT2D eigenvalue weighted by Crippen LogP contribution is -2.42. The Hall–Kier alpha value is -0.860. The van der Waals surface area contributed by atoms with E-state index in [1.165, 1.54) is 5.56 Å². The first kappa shape index (κ1) is 16.2. The van der Waals surface area contributed by atoms with Crippen molar-refractivity contribution in [1.82, 2.24) is 5.32 Å². The Balaban J connectivity index is 2.53. The zero-order valence-electron chi connectivity index (χ0n) is 12.7. The molecule has 0 aromatic heterocycles. The number of rotatable bonds is 9. The maximum atomic E-state index is 9.61. The molecule has 0 saturated heterocycles. The summed E-state index contributed by atoms with van der Waals surface area (Å²) >= 11 is 0. The number of hydrogen-bond acceptors (Lipinski definition) is 2. The molecule has 0 fully saturated rings. The molecule has 1 unspecified atom stereocenters. The normalized spacial score (nSPS) is 13.5. The van der Waals surface area contributed by atoms with Crippen LogP contribution in [0.3, 0.4) is 0 Å². The summed E-state index contributed by atoms with van der Waals surface area (Å²) in [5.74, 6) is 0. The van der Waals surface area contributed by atoms with E-state index in [0.29, 0.717) is 6.04 Å². The van der Waals surface area contributed by atoms with Crippen LogP contribution < -0.4 is 5.32 Å². The Morgan fingerprint density at radius 3 is 2.21 bits per heavy atom. The van der Waals surface area contributed by atoms with Crippen LogP contribution in [0.1, 0.15) is 45.6 Å². The van der Waals surface area contributed by atoms with Crippen molar-refractivity contribution >= 4 is 0 Å². The number of benzene rings is 1. The van der Waals surface area contributed by atoms with Crippen LogP contribution in [-0.2, 0) is 6.42 Å². The van der Waals surface area contributed by atoms with Crippen molar-refractivity contribution < 1.29 is 5.11 Å². The van der Waals surface area contributed by atoms with Crippen LogP contribution in [0, 0.1) is 5.41 Å². The molecule has 0 spiro atoms. The minimum atomic E-state index is 0.0457. The van der Waals surface area contributed by atoms with Crippen molar-refractivity contribution in [2.75, 3.05) is 13.2 Å². The highest BCUT2D eigenvalue weighted by Crippen LogP contribution is 2.24. The predicted molar refractivity (Wildman–Crippen MR) is 82.3 cm³/mol. The second kappa shape index (κ2) is 8.34. The molecule has 2 heteroatoms. The molecule has 0 heterocycles. The van der Waals surface area contributed by atoms with E-state index in [1.807, 2.05) is 0 Å². The molecule has 0 saturated carbocycles. The number of aliphatic hydroxyl groups excluding tert-OH is 1. The van der Waals surface area contributed by atoms with E-state index < -0.39 is 0 Å². The summed E-state index contributed by atoms with van der Waals surface area (Å²) in [7, 11) is 0. The van der Waals surface area contributed by atoms with Crippen molar-refractivity contribution in [1.29, 1.82) is 0 Å². The summed E-state index contributed by atoms with van der Waals surface area (Å²) in [6, 6.07) is 11.1. The molecule has 1 rings (SSSR count). The minimum Gasteiger partial charge on any atom is -0.396 e. The second-order valence-electron chi connectivity index (χ2n) is 5.54. The maximum Gasteiger partial charge on any atom is 0.0499 e. The fourth-order valence-corrected chi connectivity index (χ4v) is 2.40. The smallest absolute Gasteiger partial charge is 0.0499 e. The van der Waals surface area contributed by atoms with E-state index in [4.69, 9.17) is 0 Å². The van der Waals surface area contributed by atoms with Crippen molar-refractivity contribution in [2.24, 2.45) is 5.41 Å². The van der Waals surface area contributed by atoms with Gasteiger partial charge in [-0.2, -0.15) is 0 Å². The Morgan fingerprint density at radius 2 is 1.74 bits per heavy atom. The van der Waals surface area contributed by atoms with E-state index in [2.05, 4.69) is 56.4 Å². The molecule has 1 atom stereocenters. The van der Waals surface area contributed by atoms with Crippen LogP contribution in [0.2, 0.25) is 0 Å². The lowest BCUT2D eigenvalue weighted by atomic mass is 9.83. The van der Waals surface area contributed by atoms with Crippen LogP contribution in [0.25, 0.3) is 0 Å². The van der Waals surface area contributed by atoms with Gasteiger partial charge in [0, 0.05) is 24.6 Å². The minimum absolute atomic E-state index is 0.0457. The SMILES string of the molecule is CCC(Cc1ccccc1)NCC(CC)(CC)CO. The highest BCUT2D eigenvalue weighted by molar-refractivity contribution is 5.15. The van der Waals surface area contributed by atoms with Gasteiger partial charge in [-0.1, -0.05) is 51.1 Å². The van der Waals surface area contributed by atoms with E-state index in [9.17, 15) is 5.11 Å². The van der Waals surface area contributed by atoms with Gasteiger partial charge in [-0.3, -0.25) is 0 Å². The zero-order chi connectivity index (χ0) is 14.1. The molecule has 108 valence electrons. The van der Waals surface area contributed by atoms with Gasteiger partial charge < -0.3 is 10.4 Å². The summed E-state index contributed by atoms with van der Waals surface area (Å²) in [5.41, 5.74) is 1.42. The number of aliphatic hydroxyl groups is 1. The molecule has 0 bridgehead atoms. The van der Waals surface area contributed by atoms with Gasteiger partial charge in [0.25, 0.3) is 0 Å². The molecule has 2 nitrogen and oxygen atoms in total. The van der Waals surface area contributed by atoms with Gasteiger partial charge in [0.15, 0.2) is 0 Å². The topological polar surface area (TPSA) is 32.3 Å². The summed E-state index contributed by atoms with van der Waals surface area (Å²) in [6.07, 6.45) is 4.22. The standard InChI is InChI=1S/C17H29NO/c1-4-16(12-15-10-8-7-9-11-15)18-13-17(5-2,6-3)14-19/h7-11,16,18-19H,4-6,12-14H2,1-3H3. The van der Waals surface area contributed by atoms with Gasteiger partial charge >= 0.3 is 0 Å². The van der Waals surface area contributed by atoms with Gasteiger partial charge in [-0.25, -0.2) is 0 Å².